The molecule has 2 rings (SSSR count). The van der Waals surface area contributed by atoms with Crippen molar-refractivity contribution in [3.8, 4) is 11.5 Å². The number of nitrogens with one attached hydrogen (secondary N) is 1. The lowest BCUT2D eigenvalue weighted by Gasteiger charge is -2.20. The number of aromatic nitrogens is 1. The average molecular weight is 284 g/mol. The Bertz CT molecular complexity index is 588. The van der Waals surface area contributed by atoms with Crippen molar-refractivity contribution in [3.63, 3.8) is 0 Å². The second-order valence-corrected chi connectivity index (χ2v) is 6.19. The van der Waals surface area contributed by atoms with E-state index in [-0.39, 0.29) is 5.54 Å². The lowest BCUT2D eigenvalue weighted by atomic mass is 10.1. The maximum absolute atomic E-state index is 5.93. The van der Waals surface area contributed by atoms with Gasteiger partial charge in [0.05, 0.1) is 5.69 Å². The summed E-state index contributed by atoms with van der Waals surface area (Å²) in [5.74, 6) is 1.69. The fourth-order valence-electron chi connectivity index (χ4n) is 1.94. The number of ether oxygens (including phenoxy) is 1. The predicted molar refractivity (Wildman–Crippen MR) is 86.7 cm³/mol. The van der Waals surface area contributed by atoms with Gasteiger partial charge in [0.25, 0.3) is 0 Å². The fourth-order valence-corrected chi connectivity index (χ4v) is 1.94. The molecule has 0 fully saturated rings. The summed E-state index contributed by atoms with van der Waals surface area (Å²) in [4.78, 5) is 4.38. The molecule has 2 aromatic rings. The van der Waals surface area contributed by atoms with E-state index in [1.807, 2.05) is 24.3 Å². The van der Waals surface area contributed by atoms with Crippen molar-refractivity contribution in [1.82, 2.24) is 10.3 Å². The van der Waals surface area contributed by atoms with E-state index >= 15 is 0 Å². The zero-order valence-electron chi connectivity index (χ0n) is 13.3. The Hall–Kier alpha value is -1.87. The number of nitrogens with zero attached hydrogens (tertiary/aromatic N) is 1. The molecule has 1 aromatic carbocycles. The molecule has 3 nitrogen and oxygen atoms in total. The molecule has 1 N–H and O–H groups in total. The summed E-state index contributed by atoms with van der Waals surface area (Å²) >= 11 is 0. The van der Waals surface area contributed by atoms with Crippen molar-refractivity contribution in [3.05, 3.63) is 53.9 Å². The van der Waals surface area contributed by atoms with Gasteiger partial charge in [-0.05, 0) is 51.0 Å². The zero-order chi connectivity index (χ0) is 15.3. The van der Waals surface area contributed by atoms with Crippen LogP contribution in [0.1, 0.15) is 39.0 Å². The van der Waals surface area contributed by atoms with Crippen LogP contribution in [0.5, 0.6) is 11.5 Å². The first-order chi connectivity index (χ1) is 9.96. The second-order valence-electron chi connectivity index (χ2n) is 6.19. The van der Waals surface area contributed by atoms with Gasteiger partial charge in [0.1, 0.15) is 11.5 Å². The first-order valence-corrected chi connectivity index (χ1v) is 7.43. The van der Waals surface area contributed by atoms with Crippen molar-refractivity contribution in [1.29, 1.82) is 0 Å². The van der Waals surface area contributed by atoms with Crippen LogP contribution in [0.2, 0.25) is 0 Å². The Morgan fingerprint density at radius 3 is 2.57 bits per heavy atom. The van der Waals surface area contributed by atoms with Gasteiger partial charge in [-0.2, -0.15) is 0 Å². The lowest BCUT2D eigenvalue weighted by Crippen LogP contribution is -2.35. The van der Waals surface area contributed by atoms with Crippen molar-refractivity contribution in [2.24, 2.45) is 0 Å². The molecule has 0 spiro atoms. The molecule has 0 saturated carbocycles. The van der Waals surface area contributed by atoms with Crippen LogP contribution in [0.4, 0.5) is 0 Å². The van der Waals surface area contributed by atoms with Crippen LogP contribution >= 0.6 is 0 Å². The van der Waals surface area contributed by atoms with E-state index in [1.54, 1.807) is 6.20 Å². The first-order valence-electron chi connectivity index (χ1n) is 7.43. The predicted octanol–water partition coefficient (Wildman–Crippen LogP) is 4.32. The molecule has 0 unspecified atom stereocenters. The summed E-state index contributed by atoms with van der Waals surface area (Å²) in [6.07, 6.45) is 2.80. The van der Waals surface area contributed by atoms with Gasteiger partial charge in [-0.3, -0.25) is 4.98 Å². The lowest BCUT2D eigenvalue weighted by molar-refractivity contribution is 0.419. The van der Waals surface area contributed by atoms with Gasteiger partial charge < -0.3 is 10.1 Å². The molecule has 1 aromatic heterocycles. The van der Waals surface area contributed by atoms with Crippen LogP contribution in [-0.4, -0.2) is 10.5 Å². The molecular formula is C18H24N2O. The molecule has 112 valence electrons. The largest absolute Gasteiger partial charge is 0.457 e. The van der Waals surface area contributed by atoms with E-state index < -0.39 is 0 Å². The van der Waals surface area contributed by atoms with E-state index in [0.717, 1.165) is 30.2 Å². The standard InChI is InChI=1S/C18H24N2O/c1-5-14-7-6-8-16(11-14)21-17-9-10-19-15(12-17)13-20-18(2,3)4/h6-12,20H,5,13H2,1-4H3. The molecule has 0 radical (unpaired) electrons. The number of pyridine rings is 1. The number of aryl methyl sites for hydroxylation is 1. The van der Waals surface area contributed by atoms with Gasteiger partial charge in [-0.15, -0.1) is 0 Å². The highest BCUT2D eigenvalue weighted by molar-refractivity contribution is 5.34. The monoisotopic (exact) mass is 284 g/mol. The normalized spacial score (nSPS) is 11.4. The molecule has 0 atom stereocenters. The molecule has 0 amide bonds. The molecule has 3 heteroatoms. The highest BCUT2D eigenvalue weighted by atomic mass is 16.5. The van der Waals surface area contributed by atoms with E-state index in [4.69, 9.17) is 4.74 Å². The minimum absolute atomic E-state index is 0.0774. The van der Waals surface area contributed by atoms with Gasteiger partial charge in [0.15, 0.2) is 0 Å². The smallest absolute Gasteiger partial charge is 0.130 e. The molecule has 0 aliphatic carbocycles. The third kappa shape index (κ3) is 5.20. The van der Waals surface area contributed by atoms with Gasteiger partial charge in [0, 0.05) is 24.3 Å². The summed E-state index contributed by atoms with van der Waals surface area (Å²) < 4.78 is 5.93. The molecule has 0 saturated heterocycles. The number of rotatable bonds is 5. The molecule has 1 heterocycles. The van der Waals surface area contributed by atoms with Crippen LogP contribution in [0.25, 0.3) is 0 Å². The fraction of sp³-hybridized carbons (Fsp3) is 0.389. The van der Waals surface area contributed by atoms with Crippen LogP contribution in [0, 0.1) is 0 Å². The van der Waals surface area contributed by atoms with E-state index in [9.17, 15) is 0 Å². The molecular weight excluding hydrogens is 260 g/mol. The number of benzene rings is 1. The summed E-state index contributed by atoms with van der Waals surface area (Å²) in [6, 6.07) is 12.1. The highest BCUT2D eigenvalue weighted by Crippen LogP contribution is 2.22. The minimum atomic E-state index is 0.0774. The van der Waals surface area contributed by atoms with Crippen molar-refractivity contribution < 1.29 is 4.74 Å². The maximum atomic E-state index is 5.93. The van der Waals surface area contributed by atoms with Gasteiger partial charge >= 0.3 is 0 Å². The maximum Gasteiger partial charge on any atom is 0.130 e. The quantitative estimate of drug-likeness (QED) is 0.887. The van der Waals surface area contributed by atoms with Gasteiger partial charge in [-0.1, -0.05) is 19.1 Å². The Balaban J connectivity index is 2.06. The van der Waals surface area contributed by atoms with Gasteiger partial charge in [-0.25, -0.2) is 0 Å². The topological polar surface area (TPSA) is 34.1 Å². The SMILES string of the molecule is CCc1cccc(Oc2ccnc(CNC(C)(C)C)c2)c1. The summed E-state index contributed by atoms with van der Waals surface area (Å²) in [6.45, 7) is 9.30. The van der Waals surface area contributed by atoms with E-state index in [0.29, 0.717) is 0 Å². The third-order valence-electron chi connectivity index (χ3n) is 3.13. The van der Waals surface area contributed by atoms with Crippen LogP contribution < -0.4 is 10.1 Å². The van der Waals surface area contributed by atoms with Crippen LogP contribution in [-0.2, 0) is 13.0 Å². The molecule has 0 aliphatic heterocycles. The Labute approximate surface area is 127 Å². The number of hydrogen-bond acceptors (Lipinski definition) is 3. The highest BCUT2D eigenvalue weighted by Gasteiger charge is 2.09. The molecule has 21 heavy (non-hydrogen) atoms. The Morgan fingerprint density at radius 2 is 1.86 bits per heavy atom. The van der Waals surface area contributed by atoms with E-state index in [2.05, 4.69) is 50.1 Å². The molecule has 0 bridgehead atoms. The summed E-state index contributed by atoms with van der Waals surface area (Å²) in [5.41, 5.74) is 2.33. The second kappa shape index (κ2) is 6.72. The van der Waals surface area contributed by atoms with Crippen LogP contribution in [0.3, 0.4) is 0 Å². The van der Waals surface area contributed by atoms with E-state index in [1.165, 1.54) is 5.56 Å². The van der Waals surface area contributed by atoms with Crippen LogP contribution in [0.15, 0.2) is 42.6 Å². The Morgan fingerprint density at radius 1 is 1.10 bits per heavy atom. The number of hydrogen-bond donors (Lipinski definition) is 1. The van der Waals surface area contributed by atoms with Crippen molar-refractivity contribution in [2.75, 3.05) is 0 Å². The summed E-state index contributed by atoms with van der Waals surface area (Å²) in [5, 5.41) is 3.43. The molecule has 0 aliphatic rings. The zero-order valence-corrected chi connectivity index (χ0v) is 13.3. The first kappa shape index (κ1) is 15.5. The Kier molecular flexibility index (Phi) is 4.97. The third-order valence-corrected chi connectivity index (χ3v) is 3.13. The van der Waals surface area contributed by atoms with Crippen molar-refractivity contribution >= 4 is 0 Å². The van der Waals surface area contributed by atoms with Crippen molar-refractivity contribution in [2.45, 2.75) is 46.2 Å². The average Bonchev–Trinajstić information content (AvgIpc) is 2.45. The minimum Gasteiger partial charge on any atom is -0.457 e. The summed E-state index contributed by atoms with van der Waals surface area (Å²) in [7, 11) is 0. The van der Waals surface area contributed by atoms with Gasteiger partial charge in [0.2, 0.25) is 0 Å².